The van der Waals surface area contributed by atoms with Gasteiger partial charge in [-0.1, -0.05) is 12.7 Å². The largest absolute Gasteiger partial charge is 0.322 e. The molecule has 0 atom stereocenters. The van der Waals surface area contributed by atoms with Gasteiger partial charge >= 0.3 is 0 Å². The second kappa shape index (κ2) is 3.01. The summed E-state index contributed by atoms with van der Waals surface area (Å²) in [7, 11) is 0. The average Bonchev–Trinajstić information content (AvgIpc) is 1.94. The Morgan fingerprint density at radius 3 is 3.10 bits per heavy atom. The van der Waals surface area contributed by atoms with Gasteiger partial charge in [0.25, 0.3) is 0 Å². The van der Waals surface area contributed by atoms with Crippen molar-refractivity contribution in [2.45, 2.75) is 6.92 Å². The van der Waals surface area contributed by atoms with E-state index in [1.807, 2.05) is 30.3 Å². The molecule has 10 heavy (non-hydrogen) atoms. The van der Waals surface area contributed by atoms with E-state index in [1.165, 1.54) is 0 Å². The minimum Gasteiger partial charge on any atom is -0.322 e. The SMILES string of the molecule is C=C1C=NC=CN1/C=C\C. The molecule has 0 unspecified atom stereocenters. The van der Waals surface area contributed by atoms with Crippen LogP contribution in [0, 0.1) is 0 Å². The highest BCUT2D eigenvalue weighted by Gasteiger charge is 1.98. The number of allylic oxidation sites excluding steroid dienone is 2. The van der Waals surface area contributed by atoms with E-state index in [4.69, 9.17) is 0 Å². The van der Waals surface area contributed by atoms with Gasteiger partial charge in [-0.25, -0.2) is 0 Å². The van der Waals surface area contributed by atoms with Crippen molar-refractivity contribution < 1.29 is 0 Å². The van der Waals surface area contributed by atoms with Crippen LogP contribution in [0.15, 0.2) is 41.9 Å². The van der Waals surface area contributed by atoms with Crippen LogP contribution in [0.1, 0.15) is 6.92 Å². The van der Waals surface area contributed by atoms with Crippen LogP contribution < -0.4 is 0 Å². The molecule has 0 aromatic rings. The molecule has 0 saturated carbocycles. The molecule has 0 N–H and O–H groups in total. The summed E-state index contributed by atoms with van der Waals surface area (Å²) in [6.07, 6.45) is 9.20. The first kappa shape index (κ1) is 6.81. The maximum absolute atomic E-state index is 3.91. The highest BCUT2D eigenvalue weighted by atomic mass is 15.1. The molecule has 0 bridgehead atoms. The van der Waals surface area contributed by atoms with E-state index in [0.717, 1.165) is 5.70 Å². The standard InChI is InChI=1S/C8H10N2/c1-3-5-10-6-4-9-7-8(10)2/h3-7H,2H2,1H3/b5-3-. The first-order chi connectivity index (χ1) is 4.84. The van der Waals surface area contributed by atoms with Gasteiger partial charge < -0.3 is 4.90 Å². The van der Waals surface area contributed by atoms with E-state index >= 15 is 0 Å². The molecule has 2 heteroatoms. The van der Waals surface area contributed by atoms with E-state index in [2.05, 4.69) is 11.6 Å². The first-order valence-corrected chi connectivity index (χ1v) is 3.14. The second-order valence-electron chi connectivity index (χ2n) is 1.96. The molecule has 0 aliphatic carbocycles. The minimum absolute atomic E-state index is 0.889. The van der Waals surface area contributed by atoms with Crippen molar-refractivity contribution in [3.63, 3.8) is 0 Å². The van der Waals surface area contributed by atoms with E-state index in [-0.39, 0.29) is 0 Å². The Balaban J connectivity index is 2.70. The minimum atomic E-state index is 0.889. The Hall–Kier alpha value is -1.31. The normalized spacial score (nSPS) is 17.3. The van der Waals surface area contributed by atoms with E-state index in [1.54, 1.807) is 12.4 Å². The topological polar surface area (TPSA) is 15.6 Å². The fraction of sp³-hybridized carbons (Fsp3) is 0.125. The summed E-state index contributed by atoms with van der Waals surface area (Å²) in [4.78, 5) is 5.82. The van der Waals surface area contributed by atoms with Gasteiger partial charge in [-0.15, -0.1) is 0 Å². The predicted molar refractivity (Wildman–Crippen MR) is 43.4 cm³/mol. The molecule has 0 aromatic carbocycles. The maximum atomic E-state index is 3.91. The highest BCUT2D eigenvalue weighted by molar-refractivity contribution is 5.78. The lowest BCUT2D eigenvalue weighted by atomic mass is 10.4. The summed E-state index contributed by atoms with van der Waals surface area (Å²) < 4.78 is 0. The third kappa shape index (κ3) is 1.35. The fourth-order valence-electron chi connectivity index (χ4n) is 0.708. The van der Waals surface area contributed by atoms with E-state index < -0.39 is 0 Å². The summed E-state index contributed by atoms with van der Waals surface area (Å²) in [5.41, 5.74) is 0.889. The van der Waals surface area contributed by atoms with Crippen molar-refractivity contribution in [1.82, 2.24) is 4.90 Å². The molecule has 1 aliphatic rings. The van der Waals surface area contributed by atoms with Gasteiger partial charge in [0.2, 0.25) is 0 Å². The Morgan fingerprint density at radius 1 is 1.70 bits per heavy atom. The quantitative estimate of drug-likeness (QED) is 0.534. The Bertz CT molecular complexity index is 211. The van der Waals surface area contributed by atoms with Crippen LogP contribution in [-0.4, -0.2) is 11.1 Å². The number of nitrogens with zero attached hydrogens (tertiary/aromatic N) is 2. The second-order valence-corrected chi connectivity index (χ2v) is 1.96. The van der Waals surface area contributed by atoms with Crippen molar-refractivity contribution >= 4 is 6.21 Å². The molecular weight excluding hydrogens is 124 g/mol. The molecule has 2 nitrogen and oxygen atoms in total. The lowest BCUT2D eigenvalue weighted by Gasteiger charge is -2.16. The molecule has 1 heterocycles. The zero-order chi connectivity index (χ0) is 7.40. The zero-order valence-corrected chi connectivity index (χ0v) is 5.99. The van der Waals surface area contributed by atoms with Gasteiger partial charge in [0.05, 0.1) is 11.9 Å². The van der Waals surface area contributed by atoms with Crippen LogP contribution >= 0.6 is 0 Å². The van der Waals surface area contributed by atoms with E-state index in [0.29, 0.717) is 0 Å². The number of hydrogen-bond acceptors (Lipinski definition) is 2. The van der Waals surface area contributed by atoms with E-state index in [9.17, 15) is 0 Å². The molecular formula is C8H10N2. The van der Waals surface area contributed by atoms with Crippen LogP contribution in [0.3, 0.4) is 0 Å². The van der Waals surface area contributed by atoms with Crippen molar-refractivity contribution in [1.29, 1.82) is 0 Å². The molecule has 52 valence electrons. The molecule has 1 rings (SSSR count). The smallest absolute Gasteiger partial charge is 0.0560 e. The van der Waals surface area contributed by atoms with Crippen LogP contribution in [0.2, 0.25) is 0 Å². The van der Waals surface area contributed by atoms with Gasteiger partial charge in [-0.2, -0.15) is 0 Å². The first-order valence-electron chi connectivity index (χ1n) is 3.14. The molecule has 0 spiro atoms. The average molecular weight is 134 g/mol. The summed E-state index contributed by atoms with van der Waals surface area (Å²) in [6, 6.07) is 0. The lowest BCUT2D eigenvalue weighted by molar-refractivity contribution is 0.659. The molecule has 0 radical (unpaired) electrons. The van der Waals surface area contributed by atoms with Gasteiger partial charge in [0, 0.05) is 18.6 Å². The van der Waals surface area contributed by atoms with Gasteiger partial charge in [-0.3, -0.25) is 4.99 Å². The fourth-order valence-corrected chi connectivity index (χ4v) is 0.708. The third-order valence-corrected chi connectivity index (χ3v) is 1.18. The summed E-state index contributed by atoms with van der Waals surface area (Å²) in [5.74, 6) is 0. The Labute approximate surface area is 60.9 Å². The summed E-state index contributed by atoms with van der Waals surface area (Å²) in [5, 5.41) is 0. The van der Waals surface area contributed by atoms with Crippen LogP contribution in [0.4, 0.5) is 0 Å². The predicted octanol–water partition coefficient (Wildman–Crippen LogP) is 1.89. The van der Waals surface area contributed by atoms with Crippen molar-refractivity contribution in [2.75, 3.05) is 0 Å². The summed E-state index contributed by atoms with van der Waals surface area (Å²) in [6.45, 7) is 5.75. The molecule has 0 saturated heterocycles. The van der Waals surface area contributed by atoms with Crippen molar-refractivity contribution in [3.8, 4) is 0 Å². The van der Waals surface area contributed by atoms with Crippen LogP contribution in [0.5, 0.6) is 0 Å². The number of aliphatic imine (C=N–C) groups is 1. The van der Waals surface area contributed by atoms with Gasteiger partial charge in [-0.05, 0) is 6.92 Å². The number of hydrogen-bond donors (Lipinski definition) is 0. The third-order valence-electron chi connectivity index (χ3n) is 1.18. The molecule has 0 amide bonds. The Kier molecular flexibility index (Phi) is 2.05. The molecule has 0 fully saturated rings. The molecule has 1 aliphatic heterocycles. The van der Waals surface area contributed by atoms with Crippen molar-refractivity contribution in [3.05, 3.63) is 37.0 Å². The van der Waals surface area contributed by atoms with Crippen LogP contribution in [-0.2, 0) is 0 Å². The monoisotopic (exact) mass is 134 g/mol. The Morgan fingerprint density at radius 2 is 2.50 bits per heavy atom. The summed E-state index contributed by atoms with van der Waals surface area (Å²) >= 11 is 0. The van der Waals surface area contributed by atoms with Gasteiger partial charge in [0.15, 0.2) is 0 Å². The maximum Gasteiger partial charge on any atom is 0.0560 e. The van der Waals surface area contributed by atoms with Gasteiger partial charge in [0.1, 0.15) is 0 Å². The van der Waals surface area contributed by atoms with Crippen molar-refractivity contribution in [2.24, 2.45) is 4.99 Å². The molecule has 0 aromatic heterocycles. The highest BCUT2D eigenvalue weighted by Crippen LogP contribution is 2.05. The van der Waals surface area contributed by atoms with Crippen LogP contribution in [0.25, 0.3) is 0 Å². The number of rotatable bonds is 1. The zero-order valence-electron chi connectivity index (χ0n) is 5.99. The lowest BCUT2D eigenvalue weighted by Crippen LogP contribution is -2.10.